The van der Waals surface area contributed by atoms with Crippen LogP contribution in [0.3, 0.4) is 0 Å². The molecule has 2 aliphatic rings. The van der Waals surface area contributed by atoms with Crippen LogP contribution in [0.2, 0.25) is 0 Å². The Labute approximate surface area is 168 Å². The van der Waals surface area contributed by atoms with Crippen LogP contribution in [0.5, 0.6) is 0 Å². The third-order valence-electron chi connectivity index (χ3n) is 5.92. The first-order valence-corrected chi connectivity index (χ1v) is 10.5. The number of hydrogen-bond donors (Lipinski definition) is 1. The number of nitrogens with one attached hydrogen (secondary N) is 1. The maximum Gasteiger partial charge on any atom is 0.225 e. The van der Waals surface area contributed by atoms with E-state index in [1.54, 1.807) is 0 Å². The molecule has 3 rings (SSSR count). The predicted molar refractivity (Wildman–Crippen MR) is 109 cm³/mol. The molecule has 1 saturated heterocycles. The summed E-state index contributed by atoms with van der Waals surface area (Å²) in [5, 5.41) is 3.08. The molecule has 28 heavy (non-hydrogen) atoms. The van der Waals surface area contributed by atoms with Crippen LogP contribution in [-0.4, -0.2) is 68.1 Å². The van der Waals surface area contributed by atoms with E-state index in [4.69, 9.17) is 4.74 Å². The van der Waals surface area contributed by atoms with Crippen molar-refractivity contribution in [3.63, 3.8) is 0 Å². The number of nitrogens with zero attached hydrogens (tertiary/aromatic N) is 2. The van der Waals surface area contributed by atoms with E-state index in [9.17, 15) is 9.59 Å². The average molecular weight is 388 g/mol. The van der Waals surface area contributed by atoms with Crippen LogP contribution in [0.4, 0.5) is 0 Å². The number of amides is 2. The predicted octanol–water partition coefficient (Wildman–Crippen LogP) is 1.90. The molecule has 1 aliphatic heterocycles. The van der Waals surface area contributed by atoms with Gasteiger partial charge in [-0.2, -0.15) is 0 Å². The molecular weight excluding hydrogens is 354 g/mol. The third-order valence-corrected chi connectivity index (χ3v) is 5.92. The van der Waals surface area contributed by atoms with Gasteiger partial charge in [-0.25, -0.2) is 0 Å². The van der Waals surface area contributed by atoms with Crippen molar-refractivity contribution in [2.24, 2.45) is 11.8 Å². The van der Waals surface area contributed by atoms with Crippen molar-refractivity contribution in [2.45, 2.75) is 32.2 Å². The van der Waals surface area contributed by atoms with Crippen molar-refractivity contribution in [1.82, 2.24) is 15.1 Å². The SMILES string of the molecule is CN(Cc1ccccc1)C(=O)C1CCC(C(=O)NCCN2CCOCC2)CC1. The van der Waals surface area contributed by atoms with Gasteiger partial charge in [0.25, 0.3) is 0 Å². The molecule has 2 fully saturated rings. The molecule has 6 heteroatoms. The lowest BCUT2D eigenvalue weighted by Crippen LogP contribution is -2.43. The van der Waals surface area contributed by atoms with Gasteiger partial charge in [0.05, 0.1) is 13.2 Å². The summed E-state index contributed by atoms with van der Waals surface area (Å²) >= 11 is 0. The van der Waals surface area contributed by atoms with E-state index in [2.05, 4.69) is 10.2 Å². The fourth-order valence-corrected chi connectivity index (χ4v) is 4.16. The highest BCUT2D eigenvalue weighted by Gasteiger charge is 2.31. The molecule has 0 aromatic heterocycles. The summed E-state index contributed by atoms with van der Waals surface area (Å²) in [7, 11) is 1.87. The molecule has 6 nitrogen and oxygen atoms in total. The zero-order chi connectivity index (χ0) is 19.8. The molecule has 1 aromatic carbocycles. The lowest BCUT2D eigenvalue weighted by molar-refractivity contribution is -0.137. The Morgan fingerprint density at radius 3 is 2.39 bits per heavy atom. The van der Waals surface area contributed by atoms with Gasteiger partial charge in [0.15, 0.2) is 0 Å². The van der Waals surface area contributed by atoms with Gasteiger partial charge in [-0.3, -0.25) is 14.5 Å². The van der Waals surface area contributed by atoms with Crippen LogP contribution in [0.25, 0.3) is 0 Å². The smallest absolute Gasteiger partial charge is 0.225 e. The molecule has 0 radical (unpaired) electrons. The van der Waals surface area contributed by atoms with E-state index in [-0.39, 0.29) is 23.7 Å². The third kappa shape index (κ3) is 6.04. The summed E-state index contributed by atoms with van der Waals surface area (Å²) in [5.41, 5.74) is 1.15. The molecule has 0 spiro atoms. The summed E-state index contributed by atoms with van der Waals surface area (Å²) in [6.07, 6.45) is 3.22. The van der Waals surface area contributed by atoms with Gasteiger partial charge in [0.1, 0.15) is 0 Å². The number of ether oxygens (including phenoxy) is 1. The monoisotopic (exact) mass is 387 g/mol. The minimum absolute atomic E-state index is 0.0473. The van der Waals surface area contributed by atoms with Crippen molar-refractivity contribution in [2.75, 3.05) is 46.4 Å². The number of hydrogen-bond acceptors (Lipinski definition) is 4. The van der Waals surface area contributed by atoms with Crippen LogP contribution >= 0.6 is 0 Å². The number of morpholine rings is 1. The quantitative estimate of drug-likeness (QED) is 0.776. The van der Waals surface area contributed by atoms with Crippen molar-refractivity contribution in [3.05, 3.63) is 35.9 Å². The Bertz CT molecular complexity index is 623. The molecule has 1 aliphatic carbocycles. The largest absolute Gasteiger partial charge is 0.379 e. The van der Waals surface area contributed by atoms with Crippen molar-refractivity contribution >= 4 is 11.8 Å². The second-order valence-electron chi connectivity index (χ2n) is 7.97. The van der Waals surface area contributed by atoms with Gasteiger partial charge in [0.2, 0.25) is 11.8 Å². The standard InChI is InChI=1S/C22H33N3O3/c1-24(17-18-5-3-2-4-6-18)22(27)20-9-7-19(8-10-20)21(26)23-11-12-25-13-15-28-16-14-25/h2-6,19-20H,7-17H2,1H3,(H,23,26). The lowest BCUT2D eigenvalue weighted by atomic mass is 9.81. The Morgan fingerprint density at radius 2 is 1.71 bits per heavy atom. The Morgan fingerprint density at radius 1 is 1.07 bits per heavy atom. The van der Waals surface area contributed by atoms with Crippen LogP contribution in [0.15, 0.2) is 30.3 Å². The van der Waals surface area contributed by atoms with E-state index in [0.29, 0.717) is 13.1 Å². The first-order chi connectivity index (χ1) is 13.6. The highest BCUT2D eigenvalue weighted by Crippen LogP contribution is 2.30. The van der Waals surface area contributed by atoms with Crippen LogP contribution < -0.4 is 5.32 Å². The Hall–Kier alpha value is -1.92. The van der Waals surface area contributed by atoms with Crippen LogP contribution in [-0.2, 0) is 20.9 Å². The first kappa shape index (κ1) is 20.8. The molecule has 154 valence electrons. The molecule has 0 unspecified atom stereocenters. The molecule has 1 N–H and O–H groups in total. The second kappa shape index (κ2) is 10.6. The van der Waals surface area contributed by atoms with Crippen molar-refractivity contribution < 1.29 is 14.3 Å². The number of carbonyl (C=O) groups excluding carboxylic acids is 2. The Balaban J connectivity index is 1.36. The molecular formula is C22H33N3O3. The van der Waals surface area contributed by atoms with Gasteiger partial charge < -0.3 is 15.0 Å². The normalized spacial score (nSPS) is 23.2. The fourth-order valence-electron chi connectivity index (χ4n) is 4.16. The van der Waals surface area contributed by atoms with Crippen molar-refractivity contribution in [1.29, 1.82) is 0 Å². The fraction of sp³-hybridized carbons (Fsp3) is 0.636. The number of rotatable bonds is 7. The molecule has 2 amide bonds. The summed E-state index contributed by atoms with van der Waals surface area (Å²) in [6, 6.07) is 10.1. The summed E-state index contributed by atoms with van der Waals surface area (Å²) in [5.74, 6) is 0.450. The number of carbonyl (C=O) groups is 2. The van der Waals surface area contributed by atoms with E-state index in [1.807, 2.05) is 42.3 Å². The zero-order valence-corrected chi connectivity index (χ0v) is 16.9. The summed E-state index contributed by atoms with van der Waals surface area (Å²) in [4.78, 5) is 29.3. The highest BCUT2D eigenvalue weighted by molar-refractivity contribution is 5.81. The maximum atomic E-state index is 12.7. The van der Waals surface area contributed by atoms with Crippen LogP contribution in [0.1, 0.15) is 31.2 Å². The zero-order valence-electron chi connectivity index (χ0n) is 16.9. The minimum atomic E-state index is 0.0473. The van der Waals surface area contributed by atoms with Crippen molar-refractivity contribution in [3.8, 4) is 0 Å². The van der Waals surface area contributed by atoms with Gasteiger partial charge in [-0.05, 0) is 31.2 Å². The second-order valence-corrected chi connectivity index (χ2v) is 7.97. The molecule has 0 bridgehead atoms. The summed E-state index contributed by atoms with van der Waals surface area (Å²) < 4.78 is 5.34. The van der Waals surface area contributed by atoms with Gasteiger partial charge >= 0.3 is 0 Å². The van der Waals surface area contributed by atoms with Crippen LogP contribution in [0, 0.1) is 11.8 Å². The first-order valence-electron chi connectivity index (χ1n) is 10.5. The maximum absolute atomic E-state index is 12.7. The Kier molecular flexibility index (Phi) is 7.86. The van der Waals surface area contributed by atoms with Gasteiger partial charge in [-0.15, -0.1) is 0 Å². The van der Waals surface area contributed by atoms with E-state index in [1.165, 1.54) is 0 Å². The molecule has 1 aromatic rings. The average Bonchev–Trinajstić information content (AvgIpc) is 2.74. The topological polar surface area (TPSA) is 61.9 Å². The summed E-state index contributed by atoms with van der Waals surface area (Å²) in [6.45, 7) is 5.67. The highest BCUT2D eigenvalue weighted by atomic mass is 16.5. The van der Waals surface area contributed by atoms with E-state index in [0.717, 1.165) is 64.1 Å². The van der Waals surface area contributed by atoms with Gasteiger partial charge in [-0.1, -0.05) is 30.3 Å². The minimum Gasteiger partial charge on any atom is -0.379 e. The molecule has 1 saturated carbocycles. The van der Waals surface area contributed by atoms with Gasteiger partial charge in [0, 0.05) is 51.6 Å². The molecule has 0 atom stereocenters. The number of benzene rings is 1. The van der Waals surface area contributed by atoms with E-state index < -0.39 is 0 Å². The van der Waals surface area contributed by atoms with E-state index >= 15 is 0 Å². The lowest BCUT2D eigenvalue weighted by Gasteiger charge is -2.30. The molecule has 1 heterocycles.